The molecule has 1 amide bonds. The van der Waals surface area contributed by atoms with Crippen molar-refractivity contribution in [3.05, 3.63) is 24.3 Å². The fourth-order valence-electron chi connectivity index (χ4n) is 1.37. The lowest BCUT2D eigenvalue weighted by atomic mass is 10.0. The fourth-order valence-corrected chi connectivity index (χ4v) is 1.37. The minimum atomic E-state index is -0.510. The van der Waals surface area contributed by atoms with Crippen LogP contribution in [0, 0.1) is 5.92 Å². The van der Waals surface area contributed by atoms with E-state index in [0.29, 0.717) is 18.0 Å². The van der Waals surface area contributed by atoms with Crippen molar-refractivity contribution in [1.82, 2.24) is 0 Å². The second-order valence-corrected chi connectivity index (χ2v) is 4.19. The van der Waals surface area contributed by atoms with E-state index in [-0.39, 0.29) is 11.8 Å². The van der Waals surface area contributed by atoms with Crippen molar-refractivity contribution in [1.29, 1.82) is 0 Å². The van der Waals surface area contributed by atoms with Crippen molar-refractivity contribution in [2.75, 3.05) is 11.9 Å². The van der Waals surface area contributed by atoms with E-state index in [9.17, 15) is 4.79 Å². The third-order valence-electron chi connectivity index (χ3n) is 2.47. The number of hydrogen-bond donors (Lipinski definition) is 2. The third-order valence-corrected chi connectivity index (χ3v) is 2.47. The van der Waals surface area contributed by atoms with Crippen molar-refractivity contribution in [3.63, 3.8) is 0 Å². The first-order valence-electron chi connectivity index (χ1n) is 5.84. The zero-order valence-electron chi connectivity index (χ0n) is 10.6. The van der Waals surface area contributed by atoms with Crippen LogP contribution in [0.25, 0.3) is 0 Å². The van der Waals surface area contributed by atoms with Gasteiger partial charge in [-0.15, -0.1) is 0 Å². The number of amides is 1. The average molecular weight is 236 g/mol. The van der Waals surface area contributed by atoms with Crippen LogP contribution in [0.15, 0.2) is 24.3 Å². The second-order valence-electron chi connectivity index (χ2n) is 4.19. The zero-order valence-corrected chi connectivity index (χ0v) is 10.6. The minimum Gasteiger partial charge on any atom is -0.492 e. The molecule has 0 unspecified atom stereocenters. The van der Waals surface area contributed by atoms with Crippen LogP contribution in [0.1, 0.15) is 20.8 Å². The van der Waals surface area contributed by atoms with Gasteiger partial charge in [0.2, 0.25) is 5.91 Å². The maximum Gasteiger partial charge on any atom is 0.241 e. The second kappa shape index (κ2) is 6.25. The van der Waals surface area contributed by atoms with E-state index in [4.69, 9.17) is 10.5 Å². The molecule has 0 radical (unpaired) electrons. The van der Waals surface area contributed by atoms with Crippen LogP contribution < -0.4 is 15.8 Å². The van der Waals surface area contributed by atoms with E-state index in [2.05, 4.69) is 5.32 Å². The topological polar surface area (TPSA) is 64.3 Å². The molecule has 0 saturated carbocycles. The number of hydrogen-bond acceptors (Lipinski definition) is 3. The van der Waals surface area contributed by atoms with Gasteiger partial charge in [0.1, 0.15) is 5.75 Å². The number of para-hydroxylation sites is 2. The van der Waals surface area contributed by atoms with Crippen molar-refractivity contribution in [2.24, 2.45) is 11.7 Å². The third kappa shape index (κ3) is 3.75. The lowest BCUT2D eigenvalue weighted by Crippen LogP contribution is -2.39. The Morgan fingerprint density at radius 2 is 2.06 bits per heavy atom. The van der Waals surface area contributed by atoms with Crippen LogP contribution in [0.5, 0.6) is 5.75 Å². The van der Waals surface area contributed by atoms with Gasteiger partial charge in [0.25, 0.3) is 0 Å². The largest absolute Gasteiger partial charge is 0.492 e. The highest BCUT2D eigenvalue weighted by molar-refractivity contribution is 5.96. The van der Waals surface area contributed by atoms with E-state index >= 15 is 0 Å². The van der Waals surface area contributed by atoms with Crippen LogP contribution in [0.3, 0.4) is 0 Å². The standard InChI is InChI=1S/C13H20N2O2/c1-4-17-11-8-6-5-7-10(11)15-13(16)12(14)9(2)3/h5-9,12H,4,14H2,1-3H3,(H,15,16)/t12-/m1/s1. The highest BCUT2D eigenvalue weighted by atomic mass is 16.5. The minimum absolute atomic E-state index is 0.106. The van der Waals surface area contributed by atoms with Crippen LogP contribution in [0.4, 0.5) is 5.69 Å². The number of carbonyl (C=O) groups is 1. The summed E-state index contributed by atoms with van der Waals surface area (Å²) in [4.78, 5) is 11.8. The van der Waals surface area contributed by atoms with Gasteiger partial charge in [-0.2, -0.15) is 0 Å². The molecule has 1 rings (SSSR count). The predicted octanol–water partition coefficient (Wildman–Crippen LogP) is 2.01. The molecule has 0 heterocycles. The van der Waals surface area contributed by atoms with Crippen LogP contribution >= 0.6 is 0 Å². The van der Waals surface area contributed by atoms with Crippen LogP contribution in [0.2, 0.25) is 0 Å². The monoisotopic (exact) mass is 236 g/mol. The number of rotatable bonds is 5. The molecule has 0 saturated heterocycles. The van der Waals surface area contributed by atoms with Gasteiger partial charge in [-0.25, -0.2) is 0 Å². The summed E-state index contributed by atoms with van der Waals surface area (Å²) in [6.45, 7) is 6.29. The van der Waals surface area contributed by atoms with Gasteiger partial charge in [0, 0.05) is 0 Å². The molecule has 0 aliphatic rings. The number of nitrogens with one attached hydrogen (secondary N) is 1. The molecule has 17 heavy (non-hydrogen) atoms. The molecular formula is C13H20N2O2. The Labute approximate surface area is 102 Å². The molecule has 1 aromatic rings. The molecule has 1 atom stereocenters. The lowest BCUT2D eigenvalue weighted by molar-refractivity contribution is -0.118. The maximum atomic E-state index is 11.8. The Balaban J connectivity index is 2.77. The van der Waals surface area contributed by atoms with Gasteiger partial charge in [0.05, 0.1) is 18.3 Å². The number of ether oxygens (including phenoxy) is 1. The number of anilines is 1. The molecule has 3 N–H and O–H groups in total. The fraction of sp³-hybridized carbons (Fsp3) is 0.462. The predicted molar refractivity (Wildman–Crippen MR) is 69.1 cm³/mol. The van der Waals surface area contributed by atoms with E-state index in [1.165, 1.54) is 0 Å². The quantitative estimate of drug-likeness (QED) is 0.822. The SMILES string of the molecule is CCOc1ccccc1NC(=O)[C@H](N)C(C)C. The Morgan fingerprint density at radius 1 is 1.41 bits per heavy atom. The summed E-state index contributed by atoms with van der Waals surface area (Å²) in [7, 11) is 0. The summed E-state index contributed by atoms with van der Waals surface area (Å²) in [5, 5.41) is 2.79. The normalized spacial score (nSPS) is 12.3. The molecular weight excluding hydrogens is 216 g/mol. The van der Waals surface area contributed by atoms with Crippen molar-refractivity contribution in [3.8, 4) is 5.75 Å². The molecule has 0 fully saturated rings. The first-order chi connectivity index (χ1) is 8.06. The smallest absolute Gasteiger partial charge is 0.241 e. The van der Waals surface area contributed by atoms with E-state index in [0.717, 1.165) is 0 Å². The Bertz CT molecular complexity index is 377. The summed E-state index contributed by atoms with van der Waals surface area (Å²) >= 11 is 0. The van der Waals surface area contributed by atoms with Crippen molar-refractivity contribution >= 4 is 11.6 Å². The number of benzene rings is 1. The zero-order chi connectivity index (χ0) is 12.8. The maximum absolute atomic E-state index is 11.8. The molecule has 4 heteroatoms. The molecule has 0 bridgehead atoms. The van der Waals surface area contributed by atoms with E-state index in [1.807, 2.05) is 39.0 Å². The van der Waals surface area contributed by atoms with Crippen molar-refractivity contribution < 1.29 is 9.53 Å². The van der Waals surface area contributed by atoms with Crippen molar-refractivity contribution in [2.45, 2.75) is 26.8 Å². The molecule has 1 aromatic carbocycles. The summed E-state index contributed by atoms with van der Waals surface area (Å²) in [5.74, 6) is 0.584. The Hall–Kier alpha value is -1.55. The first-order valence-corrected chi connectivity index (χ1v) is 5.84. The summed E-state index contributed by atoms with van der Waals surface area (Å²) in [5.41, 5.74) is 6.44. The number of nitrogens with two attached hydrogens (primary N) is 1. The average Bonchev–Trinajstić information content (AvgIpc) is 2.30. The van der Waals surface area contributed by atoms with E-state index < -0.39 is 6.04 Å². The first kappa shape index (κ1) is 13.5. The summed E-state index contributed by atoms with van der Waals surface area (Å²) in [6, 6.07) is 6.82. The van der Waals surface area contributed by atoms with Crippen LogP contribution in [-0.4, -0.2) is 18.6 Å². The van der Waals surface area contributed by atoms with Gasteiger partial charge in [-0.3, -0.25) is 4.79 Å². The highest BCUT2D eigenvalue weighted by Gasteiger charge is 2.18. The Morgan fingerprint density at radius 3 is 2.65 bits per heavy atom. The Kier molecular flexibility index (Phi) is 4.97. The molecule has 0 spiro atoms. The molecule has 4 nitrogen and oxygen atoms in total. The summed E-state index contributed by atoms with van der Waals surface area (Å²) < 4.78 is 5.42. The van der Waals surface area contributed by atoms with E-state index in [1.54, 1.807) is 6.07 Å². The molecule has 0 aliphatic heterocycles. The molecule has 0 aliphatic carbocycles. The van der Waals surface area contributed by atoms with Gasteiger partial charge >= 0.3 is 0 Å². The molecule has 0 aromatic heterocycles. The lowest BCUT2D eigenvalue weighted by Gasteiger charge is -2.17. The van der Waals surface area contributed by atoms with Gasteiger partial charge in [-0.05, 0) is 25.0 Å². The van der Waals surface area contributed by atoms with Gasteiger partial charge < -0.3 is 15.8 Å². The van der Waals surface area contributed by atoms with Gasteiger partial charge in [0.15, 0.2) is 0 Å². The number of carbonyl (C=O) groups excluding carboxylic acids is 1. The molecule has 94 valence electrons. The van der Waals surface area contributed by atoms with Crippen LogP contribution in [-0.2, 0) is 4.79 Å². The summed E-state index contributed by atoms with van der Waals surface area (Å²) in [6.07, 6.45) is 0. The van der Waals surface area contributed by atoms with Gasteiger partial charge in [-0.1, -0.05) is 26.0 Å². The highest BCUT2D eigenvalue weighted by Crippen LogP contribution is 2.23.